The van der Waals surface area contributed by atoms with Crippen molar-refractivity contribution in [2.75, 3.05) is 13.7 Å². The predicted octanol–water partition coefficient (Wildman–Crippen LogP) is 2.72. The highest BCUT2D eigenvalue weighted by Crippen LogP contribution is 2.31. The summed E-state index contributed by atoms with van der Waals surface area (Å²) < 4.78 is 6.50. The van der Waals surface area contributed by atoms with Gasteiger partial charge in [0.25, 0.3) is 0 Å². The average molecular weight is 251 g/mol. The molecule has 0 atom stereocenters. The molecule has 5 heteroatoms. The largest absolute Gasteiger partial charge is 0.496 e. The zero-order valence-electron chi connectivity index (χ0n) is 9.40. The van der Waals surface area contributed by atoms with Crippen LogP contribution in [0.2, 0.25) is 0 Å². The zero-order valence-corrected chi connectivity index (χ0v) is 10.2. The standard InChI is InChI=1S/C12H13NO3S/c1-16-10-2-3-11-9(5-7-17-11)8(10)4-6-13-12(14)15/h2-3,5,7,13H,4,6H2,1H3,(H,14,15). The van der Waals surface area contributed by atoms with Gasteiger partial charge in [-0.25, -0.2) is 4.79 Å². The van der Waals surface area contributed by atoms with Gasteiger partial charge in [-0.1, -0.05) is 0 Å². The summed E-state index contributed by atoms with van der Waals surface area (Å²) in [7, 11) is 1.63. The molecule has 0 saturated heterocycles. The van der Waals surface area contributed by atoms with Crippen molar-refractivity contribution >= 4 is 27.5 Å². The van der Waals surface area contributed by atoms with E-state index < -0.39 is 6.09 Å². The van der Waals surface area contributed by atoms with Crippen LogP contribution in [0, 0.1) is 0 Å². The maximum Gasteiger partial charge on any atom is 0.404 e. The van der Waals surface area contributed by atoms with E-state index in [0.717, 1.165) is 16.7 Å². The molecule has 0 spiro atoms. The van der Waals surface area contributed by atoms with Crippen LogP contribution in [-0.2, 0) is 6.42 Å². The highest BCUT2D eigenvalue weighted by Gasteiger charge is 2.09. The second-order valence-electron chi connectivity index (χ2n) is 3.56. The Balaban J connectivity index is 2.28. The van der Waals surface area contributed by atoms with Crippen molar-refractivity contribution in [3.05, 3.63) is 29.1 Å². The molecule has 0 aliphatic rings. The fourth-order valence-electron chi connectivity index (χ4n) is 1.83. The van der Waals surface area contributed by atoms with E-state index in [0.29, 0.717) is 13.0 Å². The van der Waals surface area contributed by atoms with Crippen LogP contribution in [0.4, 0.5) is 4.79 Å². The van der Waals surface area contributed by atoms with Crippen LogP contribution >= 0.6 is 11.3 Å². The number of hydrogen-bond donors (Lipinski definition) is 2. The number of rotatable bonds is 4. The summed E-state index contributed by atoms with van der Waals surface area (Å²) in [5, 5.41) is 14.1. The van der Waals surface area contributed by atoms with Gasteiger partial charge in [-0.3, -0.25) is 0 Å². The topological polar surface area (TPSA) is 58.6 Å². The number of nitrogens with one attached hydrogen (secondary N) is 1. The molecule has 0 unspecified atom stereocenters. The van der Waals surface area contributed by atoms with Gasteiger partial charge < -0.3 is 15.2 Å². The number of ether oxygens (including phenoxy) is 1. The van der Waals surface area contributed by atoms with E-state index in [4.69, 9.17) is 9.84 Å². The van der Waals surface area contributed by atoms with E-state index in [-0.39, 0.29) is 0 Å². The third-order valence-electron chi connectivity index (χ3n) is 2.57. The molecule has 2 aromatic rings. The Hall–Kier alpha value is -1.75. The van der Waals surface area contributed by atoms with Gasteiger partial charge >= 0.3 is 6.09 Å². The second kappa shape index (κ2) is 5.05. The van der Waals surface area contributed by atoms with Gasteiger partial charge in [0.2, 0.25) is 0 Å². The Morgan fingerprint density at radius 3 is 3.00 bits per heavy atom. The highest BCUT2D eigenvalue weighted by atomic mass is 32.1. The summed E-state index contributed by atoms with van der Waals surface area (Å²) >= 11 is 1.67. The van der Waals surface area contributed by atoms with Crippen LogP contribution in [0.1, 0.15) is 5.56 Å². The van der Waals surface area contributed by atoms with Crippen molar-refractivity contribution in [2.24, 2.45) is 0 Å². The molecule has 1 aromatic carbocycles. The molecule has 0 radical (unpaired) electrons. The number of methoxy groups -OCH3 is 1. The van der Waals surface area contributed by atoms with Crippen LogP contribution in [-0.4, -0.2) is 24.9 Å². The molecular weight excluding hydrogens is 238 g/mol. The smallest absolute Gasteiger partial charge is 0.404 e. The van der Waals surface area contributed by atoms with Crippen molar-refractivity contribution in [2.45, 2.75) is 6.42 Å². The molecule has 2 rings (SSSR count). The van der Waals surface area contributed by atoms with Gasteiger partial charge in [0, 0.05) is 16.8 Å². The van der Waals surface area contributed by atoms with E-state index >= 15 is 0 Å². The SMILES string of the molecule is COc1ccc2sccc2c1CCNC(=O)O. The number of amides is 1. The average Bonchev–Trinajstić information content (AvgIpc) is 2.77. The van der Waals surface area contributed by atoms with Gasteiger partial charge in [-0.05, 0) is 35.4 Å². The lowest BCUT2D eigenvalue weighted by Crippen LogP contribution is -2.23. The molecule has 1 aromatic heterocycles. The molecule has 0 aliphatic carbocycles. The first kappa shape index (κ1) is 11.7. The fourth-order valence-corrected chi connectivity index (χ4v) is 2.64. The number of benzene rings is 1. The minimum atomic E-state index is -0.999. The zero-order chi connectivity index (χ0) is 12.3. The summed E-state index contributed by atoms with van der Waals surface area (Å²) in [4.78, 5) is 10.4. The van der Waals surface area contributed by atoms with Crippen LogP contribution in [0.5, 0.6) is 5.75 Å². The lowest BCUT2D eigenvalue weighted by Gasteiger charge is -2.09. The quantitative estimate of drug-likeness (QED) is 0.878. The van der Waals surface area contributed by atoms with E-state index in [2.05, 4.69) is 5.32 Å². The normalized spacial score (nSPS) is 10.4. The summed E-state index contributed by atoms with van der Waals surface area (Å²) in [6, 6.07) is 5.99. The van der Waals surface area contributed by atoms with Gasteiger partial charge in [0.1, 0.15) is 5.75 Å². The van der Waals surface area contributed by atoms with Crippen LogP contribution < -0.4 is 10.1 Å². The summed E-state index contributed by atoms with van der Waals surface area (Å²) in [6.45, 7) is 0.390. The second-order valence-corrected chi connectivity index (χ2v) is 4.51. The first-order chi connectivity index (χ1) is 8.22. The van der Waals surface area contributed by atoms with Crippen molar-refractivity contribution in [3.63, 3.8) is 0 Å². The van der Waals surface area contributed by atoms with Crippen LogP contribution in [0.15, 0.2) is 23.6 Å². The number of thiophene rings is 1. The Morgan fingerprint density at radius 2 is 2.29 bits per heavy atom. The van der Waals surface area contributed by atoms with Crippen molar-refractivity contribution in [3.8, 4) is 5.75 Å². The fraction of sp³-hybridized carbons (Fsp3) is 0.250. The van der Waals surface area contributed by atoms with E-state index in [9.17, 15) is 4.79 Å². The Bertz CT molecular complexity index is 536. The molecular formula is C12H13NO3S. The van der Waals surface area contributed by atoms with Crippen molar-refractivity contribution in [1.29, 1.82) is 0 Å². The predicted molar refractivity (Wildman–Crippen MR) is 68.1 cm³/mol. The summed E-state index contributed by atoms with van der Waals surface area (Å²) in [6.07, 6.45) is -0.370. The molecule has 1 amide bonds. The van der Waals surface area contributed by atoms with Crippen molar-refractivity contribution < 1.29 is 14.6 Å². The first-order valence-electron chi connectivity index (χ1n) is 5.22. The molecule has 2 N–H and O–H groups in total. The third kappa shape index (κ3) is 2.50. The van der Waals surface area contributed by atoms with Gasteiger partial charge in [-0.2, -0.15) is 0 Å². The number of hydrogen-bond acceptors (Lipinski definition) is 3. The molecule has 1 heterocycles. The lowest BCUT2D eigenvalue weighted by molar-refractivity contribution is 0.194. The van der Waals surface area contributed by atoms with Crippen LogP contribution in [0.25, 0.3) is 10.1 Å². The number of carbonyl (C=O) groups is 1. The maximum atomic E-state index is 10.4. The maximum absolute atomic E-state index is 10.4. The van der Waals surface area contributed by atoms with E-state index in [1.165, 1.54) is 4.70 Å². The highest BCUT2D eigenvalue weighted by molar-refractivity contribution is 7.17. The minimum Gasteiger partial charge on any atom is -0.496 e. The van der Waals surface area contributed by atoms with E-state index in [1.807, 2.05) is 23.6 Å². The monoisotopic (exact) mass is 251 g/mol. The Labute approximate surface area is 103 Å². The summed E-state index contributed by atoms with van der Waals surface area (Å²) in [5.74, 6) is 0.808. The van der Waals surface area contributed by atoms with Gasteiger partial charge in [0.15, 0.2) is 0 Å². The van der Waals surface area contributed by atoms with Crippen LogP contribution in [0.3, 0.4) is 0 Å². The Kier molecular flexibility index (Phi) is 3.49. The molecule has 90 valence electrons. The number of carboxylic acid groups (broad SMARTS) is 1. The summed E-state index contributed by atoms with van der Waals surface area (Å²) in [5.41, 5.74) is 1.06. The lowest BCUT2D eigenvalue weighted by atomic mass is 10.1. The Morgan fingerprint density at radius 1 is 1.47 bits per heavy atom. The first-order valence-corrected chi connectivity index (χ1v) is 6.10. The molecule has 0 aliphatic heterocycles. The molecule has 17 heavy (non-hydrogen) atoms. The minimum absolute atomic E-state index is 0.390. The van der Waals surface area contributed by atoms with Crippen molar-refractivity contribution in [1.82, 2.24) is 5.32 Å². The molecule has 0 bridgehead atoms. The molecule has 0 saturated carbocycles. The molecule has 0 fully saturated rings. The number of fused-ring (bicyclic) bond motifs is 1. The van der Waals surface area contributed by atoms with Gasteiger partial charge in [-0.15, -0.1) is 11.3 Å². The molecule has 4 nitrogen and oxygen atoms in total. The van der Waals surface area contributed by atoms with Gasteiger partial charge in [0.05, 0.1) is 7.11 Å². The third-order valence-corrected chi connectivity index (χ3v) is 3.46. The van der Waals surface area contributed by atoms with E-state index in [1.54, 1.807) is 18.4 Å².